The highest BCUT2D eigenvalue weighted by Gasteiger charge is 2.39. The van der Waals surface area contributed by atoms with Crippen LogP contribution in [0.2, 0.25) is 5.02 Å². The molecule has 3 nitrogen and oxygen atoms in total. The fraction of sp³-hybridized carbons (Fsp3) is 0.227. The third-order valence-electron chi connectivity index (χ3n) is 5.29. The van der Waals surface area contributed by atoms with Crippen LogP contribution in [0.15, 0.2) is 67.3 Å². The smallest absolute Gasteiger partial charge is 0.253 e. The van der Waals surface area contributed by atoms with Gasteiger partial charge >= 0.3 is 0 Å². The lowest BCUT2D eigenvalue weighted by molar-refractivity contribution is 0.0958. The van der Waals surface area contributed by atoms with Crippen LogP contribution in [0.5, 0.6) is 0 Å². The second kappa shape index (κ2) is 7.00. The molecule has 0 radical (unpaired) electrons. The maximum absolute atomic E-state index is 12.6. The Morgan fingerprint density at radius 1 is 1.23 bits per heavy atom. The van der Waals surface area contributed by atoms with Gasteiger partial charge in [-0.25, -0.2) is 0 Å². The average molecular weight is 365 g/mol. The van der Waals surface area contributed by atoms with Crippen LogP contribution in [0, 0.1) is 5.92 Å². The van der Waals surface area contributed by atoms with E-state index >= 15 is 0 Å². The molecule has 2 aliphatic rings. The lowest BCUT2D eigenvalue weighted by atomic mass is 9.76. The van der Waals surface area contributed by atoms with Crippen LogP contribution in [0.25, 0.3) is 0 Å². The highest BCUT2D eigenvalue weighted by molar-refractivity contribution is 6.31. The zero-order valence-corrected chi connectivity index (χ0v) is 15.2. The van der Waals surface area contributed by atoms with E-state index in [9.17, 15) is 4.79 Å². The van der Waals surface area contributed by atoms with Gasteiger partial charge in [-0.3, -0.25) is 4.79 Å². The van der Waals surface area contributed by atoms with E-state index in [-0.39, 0.29) is 11.9 Å². The number of benzene rings is 2. The van der Waals surface area contributed by atoms with E-state index in [4.69, 9.17) is 11.6 Å². The Hall–Kier alpha value is -2.52. The molecule has 4 rings (SSSR count). The van der Waals surface area contributed by atoms with E-state index in [0.29, 0.717) is 23.9 Å². The molecule has 0 fully saturated rings. The van der Waals surface area contributed by atoms with Crippen molar-refractivity contribution in [2.24, 2.45) is 5.92 Å². The molecular formula is C22H21ClN2O. The third-order valence-corrected chi connectivity index (χ3v) is 5.63. The molecule has 1 aliphatic carbocycles. The summed E-state index contributed by atoms with van der Waals surface area (Å²) in [5, 5.41) is 7.28. The molecule has 2 N–H and O–H groups in total. The van der Waals surface area contributed by atoms with E-state index in [0.717, 1.165) is 22.7 Å². The third kappa shape index (κ3) is 2.82. The van der Waals surface area contributed by atoms with Gasteiger partial charge in [0.2, 0.25) is 0 Å². The molecule has 1 aliphatic heterocycles. The number of halogens is 1. The second-order valence-electron chi connectivity index (χ2n) is 6.77. The SMILES string of the molecule is C=CCNC(=O)c1cccc2c1NC(c1ccccc1Cl)C1CC=CC21. The Balaban J connectivity index is 1.79. The summed E-state index contributed by atoms with van der Waals surface area (Å²) in [6, 6.07) is 14.0. The molecule has 2 aromatic carbocycles. The largest absolute Gasteiger partial charge is 0.377 e. The van der Waals surface area contributed by atoms with Gasteiger partial charge in [0, 0.05) is 17.5 Å². The van der Waals surface area contributed by atoms with Crippen molar-refractivity contribution >= 4 is 23.2 Å². The van der Waals surface area contributed by atoms with Gasteiger partial charge < -0.3 is 10.6 Å². The van der Waals surface area contributed by atoms with E-state index in [2.05, 4.69) is 41.5 Å². The van der Waals surface area contributed by atoms with Crippen LogP contribution < -0.4 is 10.6 Å². The number of rotatable bonds is 4. The van der Waals surface area contributed by atoms with Gasteiger partial charge in [0.25, 0.3) is 5.91 Å². The standard InChI is InChI=1S/C22H21ClN2O/c1-2-13-24-22(26)18-11-6-10-16-14-8-5-9-15(14)20(25-21(16)18)17-7-3-4-12-19(17)23/h2-8,10-12,14-15,20,25H,1,9,13H2,(H,24,26). The molecule has 26 heavy (non-hydrogen) atoms. The Kier molecular flexibility index (Phi) is 4.56. The molecule has 132 valence electrons. The molecule has 1 amide bonds. The predicted octanol–water partition coefficient (Wildman–Crippen LogP) is 5.08. The summed E-state index contributed by atoms with van der Waals surface area (Å²) in [5.41, 5.74) is 3.84. The number of amides is 1. The molecule has 0 bridgehead atoms. The summed E-state index contributed by atoms with van der Waals surface area (Å²) < 4.78 is 0. The summed E-state index contributed by atoms with van der Waals surface area (Å²) in [4.78, 5) is 12.6. The molecule has 3 atom stereocenters. The van der Waals surface area contributed by atoms with E-state index in [1.165, 1.54) is 5.56 Å². The zero-order chi connectivity index (χ0) is 18.1. The fourth-order valence-corrected chi connectivity index (χ4v) is 4.36. The molecule has 1 heterocycles. The summed E-state index contributed by atoms with van der Waals surface area (Å²) in [5.74, 6) is 0.598. The molecular weight excluding hydrogens is 344 g/mol. The van der Waals surface area contributed by atoms with Gasteiger partial charge in [-0.05, 0) is 35.6 Å². The Labute approximate surface area is 158 Å². The van der Waals surface area contributed by atoms with Gasteiger partial charge in [0.1, 0.15) is 0 Å². The molecule has 0 saturated heterocycles. The van der Waals surface area contributed by atoms with Crippen molar-refractivity contribution < 1.29 is 4.79 Å². The van der Waals surface area contributed by atoms with Crippen LogP contribution >= 0.6 is 11.6 Å². The molecule has 0 spiro atoms. The highest BCUT2D eigenvalue weighted by Crippen LogP contribution is 2.51. The molecule has 0 saturated carbocycles. The molecule has 2 aromatic rings. The van der Waals surface area contributed by atoms with Crippen molar-refractivity contribution in [2.75, 3.05) is 11.9 Å². The average Bonchev–Trinajstić information content (AvgIpc) is 3.15. The Morgan fingerprint density at radius 3 is 2.85 bits per heavy atom. The van der Waals surface area contributed by atoms with Crippen molar-refractivity contribution in [2.45, 2.75) is 18.4 Å². The summed E-state index contributed by atoms with van der Waals surface area (Å²) in [6.07, 6.45) is 7.18. The first-order chi connectivity index (χ1) is 12.7. The van der Waals surface area contributed by atoms with Gasteiger partial charge in [-0.15, -0.1) is 6.58 Å². The fourth-order valence-electron chi connectivity index (χ4n) is 4.11. The van der Waals surface area contributed by atoms with E-state index in [1.54, 1.807) is 6.08 Å². The normalized spacial score (nSPS) is 22.9. The van der Waals surface area contributed by atoms with Crippen LogP contribution in [-0.2, 0) is 0 Å². The number of hydrogen-bond donors (Lipinski definition) is 2. The quantitative estimate of drug-likeness (QED) is 0.742. The highest BCUT2D eigenvalue weighted by atomic mass is 35.5. The number of hydrogen-bond acceptors (Lipinski definition) is 2. The van der Waals surface area contributed by atoms with Crippen LogP contribution in [0.3, 0.4) is 0 Å². The maximum atomic E-state index is 12.6. The number of para-hydroxylation sites is 1. The van der Waals surface area contributed by atoms with E-state index in [1.807, 2.05) is 30.3 Å². The topological polar surface area (TPSA) is 41.1 Å². The number of carbonyl (C=O) groups excluding carboxylic acids is 1. The van der Waals surface area contributed by atoms with Gasteiger partial charge in [-0.1, -0.05) is 60.2 Å². The molecule has 3 unspecified atom stereocenters. The number of carbonyl (C=O) groups is 1. The number of nitrogens with one attached hydrogen (secondary N) is 2. The minimum absolute atomic E-state index is 0.0737. The lowest BCUT2D eigenvalue weighted by Crippen LogP contribution is -2.32. The lowest BCUT2D eigenvalue weighted by Gasteiger charge is -2.38. The minimum atomic E-state index is -0.0902. The number of anilines is 1. The van der Waals surface area contributed by atoms with Crippen LogP contribution in [-0.4, -0.2) is 12.5 Å². The summed E-state index contributed by atoms with van der Waals surface area (Å²) in [6.45, 7) is 4.11. The second-order valence-corrected chi connectivity index (χ2v) is 7.17. The Morgan fingerprint density at radius 2 is 2.04 bits per heavy atom. The number of allylic oxidation sites excluding steroid dienone is 2. The van der Waals surface area contributed by atoms with E-state index < -0.39 is 0 Å². The maximum Gasteiger partial charge on any atom is 0.253 e. The number of fused-ring (bicyclic) bond motifs is 3. The first kappa shape index (κ1) is 16.9. The summed E-state index contributed by atoms with van der Waals surface area (Å²) >= 11 is 6.50. The van der Waals surface area contributed by atoms with Crippen molar-refractivity contribution in [1.82, 2.24) is 5.32 Å². The van der Waals surface area contributed by atoms with Gasteiger partial charge in [-0.2, -0.15) is 0 Å². The monoisotopic (exact) mass is 364 g/mol. The molecule has 0 aromatic heterocycles. The van der Waals surface area contributed by atoms with Crippen LogP contribution in [0.1, 0.15) is 39.9 Å². The molecule has 4 heteroatoms. The first-order valence-corrected chi connectivity index (χ1v) is 9.28. The van der Waals surface area contributed by atoms with Crippen molar-refractivity contribution in [3.63, 3.8) is 0 Å². The van der Waals surface area contributed by atoms with Gasteiger partial charge in [0.05, 0.1) is 17.3 Å². The van der Waals surface area contributed by atoms with Crippen molar-refractivity contribution in [1.29, 1.82) is 0 Å². The van der Waals surface area contributed by atoms with Gasteiger partial charge in [0.15, 0.2) is 0 Å². The Bertz CT molecular complexity index is 889. The minimum Gasteiger partial charge on any atom is -0.377 e. The zero-order valence-electron chi connectivity index (χ0n) is 14.4. The first-order valence-electron chi connectivity index (χ1n) is 8.90. The predicted molar refractivity (Wildman–Crippen MR) is 107 cm³/mol. The summed E-state index contributed by atoms with van der Waals surface area (Å²) in [7, 11) is 0. The van der Waals surface area contributed by atoms with Crippen LogP contribution in [0.4, 0.5) is 5.69 Å². The van der Waals surface area contributed by atoms with Crippen molar-refractivity contribution in [3.05, 3.63) is 89.0 Å². The van der Waals surface area contributed by atoms with Crippen molar-refractivity contribution in [3.8, 4) is 0 Å².